The van der Waals surface area contributed by atoms with Crippen molar-refractivity contribution < 1.29 is 33.7 Å². The minimum Gasteiger partial charge on any atom is -0.503 e. The molecule has 0 unspecified atom stereocenters. The topological polar surface area (TPSA) is 114 Å². The van der Waals surface area contributed by atoms with E-state index in [0.29, 0.717) is 35.8 Å². The summed E-state index contributed by atoms with van der Waals surface area (Å²) >= 11 is 6.00. The standard InChI is InChI=1S/C24H25ClN2O7/c1-4-8-34-18-7-6-14(11-19(18)33-5-2)13-27-23(30)16(22(29)26-24(27)31)9-15-10-17(25)21(28)20(12-15)32-3/h6-7,9-12,28H,4-5,8,13H2,1-3H3,(H,26,29,31)/b16-9+. The van der Waals surface area contributed by atoms with Gasteiger partial charge < -0.3 is 19.3 Å². The third-order valence-electron chi connectivity index (χ3n) is 4.88. The molecule has 34 heavy (non-hydrogen) atoms. The van der Waals surface area contributed by atoms with Crippen molar-refractivity contribution in [3.05, 3.63) is 52.1 Å². The third-order valence-corrected chi connectivity index (χ3v) is 5.17. The number of rotatable bonds is 9. The Morgan fingerprint density at radius 3 is 2.50 bits per heavy atom. The molecule has 2 N–H and O–H groups in total. The number of nitrogens with one attached hydrogen (secondary N) is 1. The predicted molar refractivity (Wildman–Crippen MR) is 125 cm³/mol. The molecule has 0 atom stereocenters. The van der Waals surface area contributed by atoms with Gasteiger partial charge in [0.05, 0.1) is 31.9 Å². The lowest BCUT2D eigenvalue weighted by Gasteiger charge is -2.26. The highest BCUT2D eigenvalue weighted by atomic mass is 35.5. The van der Waals surface area contributed by atoms with Crippen LogP contribution in [0, 0.1) is 0 Å². The van der Waals surface area contributed by atoms with Crippen molar-refractivity contribution in [2.45, 2.75) is 26.8 Å². The molecule has 0 aliphatic carbocycles. The second-order valence-corrected chi connectivity index (χ2v) is 7.73. The van der Waals surface area contributed by atoms with Gasteiger partial charge >= 0.3 is 6.03 Å². The smallest absolute Gasteiger partial charge is 0.331 e. The number of benzene rings is 2. The minimum atomic E-state index is -0.840. The fourth-order valence-corrected chi connectivity index (χ4v) is 3.49. The van der Waals surface area contributed by atoms with Crippen molar-refractivity contribution in [3.8, 4) is 23.0 Å². The lowest BCUT2D eigenvalue weighted by Crippen LogP contribution is -2.53. The van der Waals surface area contributed by atoms with Gasteiger partial charge in [0.2, 0.25) is 0 Å². The number of carbonyl (C=O) groups excluding carboxylic acids is 3. The molecule has 1 aliphatic rings. The lowest BCUT2D eigenvalue weighted by atomic mass is 10.1. The monoisotopic (exact) mass is 488 g/mol. The number of phenolic OH excluding ortho intramolecular Hbond substituents is 1. The first kappa shape index (κ1) is 24.9. The first-order valence-corrected chi connectivity index (χ1v) is 11.0. The molecular formula is C24H25ClN2O7. The number of imide groups is 2. The summed E-state index contributed by atoms with van der Waals surface area (Å²) in [5.74, 6) is -0.746. The number of amides is 4. The molecule has 0 aromatic heterocycles. The van der Waals surface area contributed by atoms with Crippen LogP contribution in [0.4, 0.5) is 4.79 Å². The summed E-state index contributed by atoms with van der Waals surface area (Å²) in [6, 6.07) is 7.08. The summed E-state index contributed by atoms with van der Waals surface area (Å²) in [4.78, 5) is 38.9. The number of nitrogens with zero attached hydrogens (tertiary/aromatic N) is 1. The summed E-state index contributed by atoms with van der Waals surface area (Å²) in [6.45, 7) is 4.67. The number of urea groups is 1. The molecule has 180 valence electrons. The van der Waals surface area contributed by atoms with Gasteiger partial charge in [-0.25, -0.2) is 4.79 Å². The predicted octanol–water partition coefficient (Wildman–Crippen LogP) is 3.90. The average molecular weight is 489 g/mol. The van der Waals surface area contributed by atoms with E-state index in [4.69, 9.17) is 25.8 Å². The van der Waals surface area contributed by atoms with Crippen molar-refractivity contribution in [2.24, 2.45) is 0 Å². The van der Waals surface area contributed by atoms with E-state index in [0.717, 1.165) is 11.3 Å². The van der Waals surface area contributed by atoms with Gasteiger partial charge in [0, 0.05) is 0 Å². The van der Waals surface area contributed by atoms with E-state index in [1.54, 1.807) is 18.2 Å². The van der Waals surface area contributed by atoms with Crippen LogP contribution in [0.3, 0.4) is 0 Å². The van der Waals surface area contributed by atoms with Crippen LogP contribution in [-0.2, 0) is 16.1 Å². The van der Waals surface area contributed by atoms with Gasteiger partial charge in [0.25, 0.3) is 11.8 Å². The number of halogens is 1. The molecule has 3 rings (SSSR count). The molecule has 1 fully saturated rings. The van der Waals surface area contributed by atoms with Crippen LogP contribution in [0.2, 0.25) is 5.02 Å². The van der Waals surface area contributed by atoms with Gasteiger partial charge in [-0.05, 0) is 54.8 Å². The number of barbiturate groups is 1. The van der Waals surface area contributed by atoms with Crippen LogP contribution in [0.15, 0.2) is 35.9 Å². The molecule has 1 heterocycles. The van der Waals surface area contributed by atoms with E-state index in [2.05, 4.69) is 5.32 Å². The number of hydrogen-bond acceptors (Lipinski definition) is 7. The normalized spacial score (nSPS) is 14.9. The Balaban J connectivity index is 1.90. The van der Waals surface area contributed by atoms with Crippen molar-refractivity contribution in [1.82, 2.24) is 10.2 Å². The Hall–Kier alpha value is -3.72. The van der Waals surface area contributed by atoms with E-state index in [1.807, 2.05) is 13.8 Å². The quantitative estimate of drug-likeness (QED) is 0.406. The van der Waals surface area contributed by atoms with Crippen LogP contribution in [-0.4, -0.2) is 48.2 Å². The fraction of sp³-hybridized carbons (Fsp3) is 0.292. The van der Waals surface area contributed by atoms with Crippen LogP contribution >= 0.6 is 11.6 Å². The SMILES string of the molecule is CCCOc1ccc(CN2C(=O)NC(=O)/C(=C\c3cc(Cl)c(O)c(OC)c3)C2=O)cc1OCC. The molecule has 0 spiro atoms. The zero-order chi connectivity index (χ0) is 24.8. The van der Waals surface area contributed by atoms with E-state index in [1.165, 1.54) is 25.3 Å². The van der Waals surface area contributed by atoms with Gasteiger partial charge in [0.1, 0.15) is 5.57 Å². The third kappa shape index (κ3) is 5.43. The second-order valence-electron chi connectivity index (χ2n) is 7.32. The highest BCUT2D eigenvalue weighted by Gasteiger charge is 2.36. The largest absolute Gasteiger partial charge is 0.503 e. The van der Waals surface area contributed by atoms with Crippen molar-refractivity contribution in [3.63, 3.8) is 0 Å². The Kier molecular flexibility index (Phi) is 8.01. The molecule has 1 aliphatic heterocycles. The number of aromatic hydroxyl groups is 1. The van der Waals surface area contributed by atoms with Gasteiger partial charge in [-0.1, -0.05) is 24.6 Å². The van der Waals surface area contributed by atoms with Crippen molar-refractivity contribution in [1.29, 1.82) is 0 Å². The van der Waals surface area contributed by atoms with Crippen LogP contribution < -0.4 is 19.5 Å². The maximum absolute atomic E-state index is 13.1. The first-order chi connectivity index (χ1) is 16.3. The summed E-state index contributed by atoms with van der Waals surface area (Å²) in [5.41, 5.74) is 0.679. The maximum atomic E-state index is 13.1. The Morgan fingerprint density at radius 1 is 1.06 bits per heavy atom. The number of ether oxygens (including phenoxy) is 3. The van der Waals surface area contributed by atoms with Crippen molar-refractivity contribution in [2.75, 3.05) is 20.3 Å². The molecule has 0 bridgehead atoms. The lowest BCUT2D eigenvalue weighted by molar-refractivity contribution is -0.130. The number of carbonyl (C=O) groups is 3. The van der Waals surface area contributed by atoms with Crippen LogP contribution in [0.5, 0.6) is 23.0 Å². The van der Waals surface area contributed by atoms with Crippen LogP contribution in [0.1, 0.15) is 31.4 Å². The molecule has 4 amide bonds. The first-order valence-electron chi connectivity index (χ1n) is 10.6. The maximum Gasteiger partial charge on any atom is 0.331 e. The molecular weight excluding hydrogens is 464 g/mol. The van der Waals surface area contributed by atoms with Gasteiger partial charge in [-0.3, -0.25) is 19.8 Å². The summed E-state index contributed by atoms with van der Waals surface area (Å²) in [6.07, 6.45) is 2.11. The molecule has 2 aromatic rings. The van der Waals surface area contributed by atoms with E-state index in [9.17, 15) is 19.5 Å². The minimum absolute atomic E-state index is 0.0170. The van der Waals surface area contributed by atoms with Crippen molar-refractivity contribution >= 4 is 35.5 Å². The molecule has 0 radical (unpaired) electrons. The molecule has 10 heteroatoms. The molecule has 9 nitrogen and oxygen atoms in total. The Labute approximate surface area is 201 Å². The zero-order valence-electron chi connectivity index (χ0n) is 19.0. The number of methoxy groups -OCH3 is 1. The number of hydrogen-bond donors (Lipinski definition) is 2. The van der Waals surface area contributed by atoms with Gasteiger partial charge in [0.15, 0.2) is 23.0 Å². The van der Waals surface area contributed by atoms with Gasteiger partial charge in [-0.2, -0.15) is 0 Å². The van der Waals surface area contributed by atoms with E-state index in [-0.39, 0.29) is 28.6 Å². The van der Waals surface area contributed by atoms with Crippen LogP contribution in [0.25, 0.3) is 6.08 Å². The van der Waals surface area contributed by atoms with E-state index >= 15 is 0 Å². The second kappa shape index (κ2) is 10.9. The van der Waals surface area contributed by atoms with E-state index < -0.39 is 17.8 Å². The fourth-order valence-electron chi connectivity index (χ4n) is 3.27. The highest BCUT2D eigenvalue weighted by Crippen LogP contribution is 2.36. The highest BCUT2D eigenvalue weighted by molar-refractivity contribution is 6.33. The molecule has 1 saturated heterocycles. The number of phenols is 1. The summed E-state index contributed by atoms with van der Waals surface area (Å²) in [5, 5.41) is 12.1. The molecule has 2 aromatic carbocycles. The van der Waals surface area contributed by atoms with Gasteiger partial charge in [-0.15, -0.1) is 0 Å². The summed E-state index contributed by atoms with van der Waals surface area (Å²) in [7, 11) is 1.34. The zero-order valence-corrected chi connectivity index (χ0v) is 19.8. The average Bonchev–Trinajstić information content (AvgIpc) is 2.81. The molecule has 0 saturated carbocycles. The Morgan fingerprint density at radius 2 is 1.82 bits per heavy atom. The Bertz CT molecular complexity index is 1150. The summed E-state index contributed by atoms with van der Waals surface area (Å²) < 4.78 is 16.4.